The minimum atomic E-state index is -0.541. The second-order valence-corrected chi connectivity index (χ2v) is 4.86. The van der Waals surface area contributed by atoms with Gasteiger partial charge >= 0.3 is 5.97 Å². The number of ether oxygens (including phenoxy) is 2. The van der Waals surface area contributed by atoms with E-state index in [4.69, 9.17) is 15.0 Å². The van der Waals surface area contributed by atoms with E-state index in [2.05, 4.69) is 10.0 Å². The molecule has 0 saturated carbocycles. The monoisotopic (exact) mass is 304 g/mol. The third kappa shape index (κ3) is 3.12. The first-order valence-corrected chi connectivity index (χ1v) is 6.68. The van der Waals surface area contributed by atoms with Gasteiger partial charge in [-0.15, -0.1) is 0 Å². The van der Waals surface area contributed by atoms with E-state index in [0.29, 0.717) is 18.0 Å². The summed E-state index contributed by atoms with van der Waals surface area (Å²) in [7, 11) is 2.77. The van der Waals surface area contributed by atoms with Gasteiger partial charge in [-0.05, 0) is 29.6 Å². The van der Waals surface area contributed by atoms with Crippen molar-refractivity contribution in [3.63, 3.8) is 0 Å². The zero-order chi connectivity index (χ0) is 16.1. The van der Waals surface area contributed by atoms with Crippen LogP contribution in [0.25, 0.3) is 10.4 Å². The molecule has 8 heteroatoms. The van der Waals surface area contributed by atoms with Gasteiger partial charge in [-0.2, -0.15) is 0 Å². The fourth-order valence-corrected chi connectivity index (χ4v) is 2.44. The first kappa shape index (κ1) is 15.7. The fourth-order valence-electron chi connectivity index (χ4n) is 2.44. The van der Waals surface area contributed by atoms with E-state index in [1.807, 2.05) is 0 Å². The number of hydrogen-bond acceptors (Lipinski definition) is 5. The van der Waals surface area contributed by atoms with E-state index in [0.717, 1.165) is 0 Å². The molecule has 0 radical (unpaired) electrons. The van der Waals surface area contributed by atoms with Crippen molar-refractivity contribution in [1.82, 2.24) is 0 Å². The molecule has 1 aromatic carbocycles. The summed E-state index contributed by atoms with van der Waals surface area (Å²) in [6, 6.07) is 4.87. The number of azide groups is 1. The van der Waals surface area contributed by atoms with Gasteiger partial charge in [0.15, 0.2) is 0 Å². The largest absolute Gasteiger partial charge is 0.497 e. The normalized spacial score (nSPS) is 17.1. The number of esters is 1. The van der Waals surface area contributed by atoms with Crippen LogP contribution >= 0.6 is 0 Å². The second kappa shape index (κ2) is 6.82. The molecule has 0 bridgehead atoms. The Balaban J connectivity index is 2.33. The van der Waals surface area contributed by atoms with E-state index in [9.17, 15) is 9.59 Å². The van der Waals surface area contributed by atoms with E-state index in [1.54, 1.807) is 12.1 Å². The van der Waals surface area contributed by atoms with Crippen LogP contribution in [0.5, 0.6) is 5.75 Å². The standard InChI is InChI=1S/C14H16N4O4/c1-21-10-3-4-12(11(6-10)14(20)22-2)18-8-9(5-13(18)19)7-16-17-15/h3-4,6,9H,5,7-8H2,1-2H3. The SMILES string of the molecule is COC(=O)c1cc(OC)ccc1N1CC(CN=[N+]=[N-])CC1=O. The number of carbonyl (C=O) groups excluding carboxylic acids is 2. The molecule has 116 valence electrons. The topological polar surface area (TPSA) is 105 Å². The minimum Gasteiger partial charge on any atom is -0.497 e. The Bertz CT molecular complexity index is 640. The van der Waals surface area contributed by atoms with Crippen LogP contribution in [0, 0.1) is 5.92 Å². The molecule has 0 spiro atoms. The van der Waals surface area contributed by atoms with Gasteiger partial charge in [-0.3, -0.25) is 4.79 Å². The molecule has 1 heterocycles. The van der Waals surface area contributed by atoms with Gasteiger partial charge in [-0.1, -0.05) is 5.11 Å². The molecule has 1 amide bonds. The van der Waals surface area contributed by atoms with Crippen LogP contribution in [0.15, 0.2) is 23.3 Å². The highest BCUT2D eigenvalue weighted by Gasteiger charge is 2.32. The minimum absolute atomic E-state index is 0.0593. The molecular weight excluding hydrogens is 288 g/mol. The molecule has 8 nitrogen and oxygen atoms in total. The maximum atomic E-state index is 12.2. The van der Waals surface area contributed by atoms with Crippen LogP contribution in [0.3, 0.4) is 0 Å². The van der Waals surface area contributed by atoms with Crippen LogP contribution in [-0.2, 0) is 9.53 Å². The Hall–Kier alpha value is -2.73. The molecule has 1 unspecified atom stereocenters. The smallest absolute Gasteiger partial charge is 0.340 e. The van der Waals surface area contributed by atoms with E-state index < -0.39 is 5.97 Å². The molecule has 2 rings (SSSR count). The molecule has 22 heavy (non-hydrogen) atoms. The van der Waals surface area contributed by atoms with Crippen molar-refractivity contribution >= 4 is 17.6 Å². The third-order valence-electron chi connectivity index (χ3n) is 3.51. The lowest BCUT2D eigenvalue weighted by atomic mass is 10.1. The summed E-state index contributed by atoms with van der Waals surface area (Å²) in [4.78, 5) is 28.3. The molecule has 1 atom stereocenters. The number of amides is 1. The average Bonchev–Trinajstić information content (AvgIpc) is 2.92. The van der Waals surface area contributed by atoms with Crippen molar-refractivity contribution < 1.29 is 19.1 Å². The highest BCUT2D eigenvalue weighted by Crippen LogP contribution is 2.31. The van der Waals surface area contributed by atoms with Gasteiger partial charge in [0.25, 0.3) is 0 Å². The number of benzene rings is 1. The van der Waals surface area contributed by atoms with Crippen molar-refractivity contribution in [2.45, 2.75) is 6.42 Å². The quantitative estimate of drug-likeness (QED) is 0.359. The molecule has 1 aliphatic rings. The Morgan fingerprint density at radius 3 is 2.91 bits per heavy atom. The number of hydrogen-bond donors (Lipinski definition) is 0. The lowest BCUT2D eigenvalue weighted by Gasteiger charge is -2.20. The Labute approximate surface area is 127 Å². The summed E-state index contributed by atoms with van der Waals surface area (Å²) in [5.41, 5.74) is 9.10. The average molecular weight is 304 g/mol. The first-order valence-electron chi connectivity index (χ1n) is 6.68. The lowest BCUT2D eigenvalue weighted by Crippen LogP contribution is -2.27. The van der Waals surface area contributed by atoms with Gasteiger partial charge in [0, 0.05) is 24.4 Å². The van der Waals surface area contributed by atoms with Crippen LogP contribution in [0.1, 0.15) is 16.8 Å². The molecule has 1 saturated heterocycles. The van der Waals surface area contributed by atoms with E-state index in [-0.39, 0.29) is 30.4 Å². The molecule has 0 aromatic heterocycles. The van der Waals surface area contributed by atoms with Gasteiger partial charge in [0.2, 0.25) is 5.91 Å². The van der Waals surface area contributed by atoms with E-state index >= 15 is 0 Å². The van der Waals surface area contributed by atoms with Crippen molar-refractivity contribution in [1.29, 1.82) is 0 Å². The van der Waals surface area contributed by atoms with Gasteiger partial charge < -0.3 is 14.4 Å². The Morgan fingerprint density at radius 1 is 1.50 bits per heavy atom. The maximum Gasteiger partial charge on any atom is 0.340 e. The number of nitrogens with zero attached hydrogens (tertiary/aromatic N) is 4. The highest BCUT2D eigenvalue weighted by molar-refractivity contribution is 6.04. The maximum absolute atomic E-state index is 12.2. The number of methoxy groups -OCH3 is 2. The van der Waals surface area contributed by atoms with Crippen LogP contribution < -0.4 is 9.64 Å². The third-order valence-corrected chi connectivity index (χ3v) is 3.51. The lowest BCUT2D eigenvalue weighted by molar-refractivity contribution is -0.117. The van der Waals surface area contributed by atoms with Crippen molar-refractivity contribution in [2.24, 2.45) is 11.0 Å². The zero-order valence-electron chi connectivity index (χ0n) is 12.4. The number of carbonyl (C=O) groups is 2. The predicted octanol–water partition coefficient (Wildman–Crippen LogP) is 2.15. The van der Waals surface area contributed by atoms with Crippen molar-refractivity contribution in [3.05, 3.63) is 34.2 Å². The van der Waals surface area contributed by atoms with Crippen LogP contribution in [-0.4, -0.2) is 39.2 Å². The molecule has 1 aromatic rings. The first-order chi connectivity index (χ1) is 10.6. The highest BCUT2D eigenvalue weighted by atomic mass is 16.5. The van der Waals surface area contributed by atoms with Crippen molar-refractivity contribution in [3.8, 4) is 5.75 Å². The molecule has 1 fully saturated rings. The molecule has 1 aliphatic heterocycles. The summed E-state index contributed by atoms with van der Waals surface area (Å²) in [6.45, 7) is 0.649. The summed E-state index contributed by atoms with van der Waals surface area (Å²) < 4.78 is 9.87. The van der Waals surface area contributed by atoms with Crippen LogP contribution in [0.2, 0.25) is 0 Å². The predicted molar refractivity (Wildman–Crippen MR) is 78.8 cm³/mol. The molecule has 0 aliphatic carbocycles. The summed E-state index contributed by atoms with van der Waals surface area (Å²) in [5.74, 6) is -0.217. The number of rotatable bonds is 5. The second-order valence-electron chi connectivity index (χ2n) is 4.86. The number of anilines is 1. The van der Waals surface area contributed by atoms with E-state index in [1.165, 1.54) is 25.2 Å². The van der Waals surface area contributed by atoms with Crippen LogP contribution in [0.4, 0.5) is 5.69 Å². The van der Waals surface area contributed by atoms with Gasteiger partial charge in [0.1, 0.15) is 5.75 Å². The van der Waals surface area contributed by atoms with Gasteiger partial charge in [-0.25, -0.2) is 4.79 Å². The summed E-state index contributed by atoms with van der Waals surface area (Å²) >= 11 is 0. The van der Waals surface area contributed by atoms with Crippen molar-refractivity contribution in [2.75, 3.05) is 32.2 Å². The Kier molecular flexibility index (Phi) is 4.85. The summed E-state index contributed by atoms with van der Waals surface area (Å²) in [6.07, 6.45) is 0.283. The fraction of sp³-hybridized carbons (Fsp3) is 0.429. The molecule has 0 N–H and O–H groups in total. The summed E-state index contributed by atoms with van der Waals surface area (Å²) in [5, 5.41) is 3.51. The zero-order valence-corrected chi connectivity index (χ0v) is 12.4. The van der Waals surface area contributed by atoms with Gasteiger partial charge in [0.05, 0.1) is 25.5 Å². The molecular formula is C14H16N4O4. The Morgan fingerprint density at radius 2 is 2.27 bits per heavy atom.